The zero-order valence-corrected chi connectivity index (χ0v) is 18.8. The average Bonchev–Trinajstić information content (AvgIpc) is 2.80. The molecule has 4 rings (SSSR count). The predicted octanol–water partition coefficient (Wildman–Crippen LogP) is 2.92. The smallest absolute Gasteiger partial charge is 0.270 e. The minimum atomic E-state index is -3.55. The predicted molar refractivity (Wildman–Crippen MR) is 118 cm³/mol. The molecule has 2 heterocycles. The standard InChI is InChI=1S/C22H27N3O6S/c1-2-3-17-4-6-21(7-5-17)32(28,29)24-10-8-23(9-11-24)14-18-12-20(25(26)27)13-19-15-30-16-31-22(18)19/h4-7,12-13H,2-3,8-11,14-16H2,1H3. The van der Waals surface area contributed by atoms with E-state index < -0.39 is 14.9 Å². The Morgan fingerprint density at radius 3 is 2.47 bits per heavy atom. The first kappa shape index (κ1) is 22.7. The molecule has 2 aromatic rings. The van der Waals surface area contributed by atoms with Gasteiger partial charge in [-0.2, -0.15) is 4.31 Å². The molecule has 9 nitrogen and oxygen atoms in total. The van der Waals surface area contributed by atoms with Gasteiger partial charge in [0.05, 0.1) is 16.4 Å². The molecule has 0 atom stereocenters. The molecule has 0 N–H and O–H groups in total. The minimum absolute atomic E-state index is 0.000540. The number of hydrogen-bond acceptors (Lipinski definition) is 7. The molecule has 0 spiro atoms. The maximum absolute atomic E-state index is 13.0. The third-order valence-corrected chi connectivity index (χ3v) is 7.72. The molecule has 0 saturated carbocycles. The second-order valence-electron chi connectivity index (χ2n) is 8.04. The highest BCUT2D eigenvalue weighted by Crippen LogP contribution is 2.33. The summed E-state index contributed by atoms with van der Waals surface area (Å²) in [6.45, 7) is 4.70. The monoisotopic (exact) mass is 461 g/mol. The van der Waals surface area contributed by atoms with Gasteiger partial charge in [0.1, 0.15) is 5.75 Å². The lowest BCUT2D eigenvalue weighted by molar-refractivity contribution is -0.385. The molecule has 172 valence electrons. The Balaban J connectivity index is 1.44. The number of benzene rings is 2. The molecular formula is C22H27N3O6S. The number of nitro groups is 1. The van der Waals surface area contributed by atoms with Crippen molar-refractivity contribution in [3.63, 3.8) is 0 Å². The van der Waals surface area contributed by atoms with Crippen LogP contribution >= 0.6 is 0 Å². The van der Waals surface area contributed by atoms with Crippen molar-refractivity contribution in [2.24, 2.45) is 0 Å². The summed E-state index contributed by atoms with van der Waals surface area (Å²) in [5.74, 6) is 0.629. The van der Waals surface area contributed by atoms with Gasteiger partial charge in [-0.15, -0.1) is 0 Å². The van der Waals surface area contributed by atoms with E-state index in [-0.39, 0.29) is 19.1 Å². The Kier molecular flexibility index (Phi) is 6.75. The minimum Gasteiger partial charge on any atom is -0.467 e. The van der Waals surface area contributed by atoms with E-state index in [1.165, 1.54) is 16.4 Å². The molecule has 1 fully saturated rings. The van der Waals surface area contributed by atoms with E-state index in [9.17, 15) is 18.5 Å². The van der Waals surface area contributed by atoms with Crippen LogP contribution in [0.4, 0.5) is 5.69 Å². The number of rotatable bonds is 7. The van der Waals surface area contributed by atoms with E-state index in [1.54, 1.807) is 12.1 Å². The zero-order valence-electron chi connectivity index (χ0n) is 18.0. The van der Waals surface area contributed by atoms with Gasteiger partial charge < -0.3 is 9.47 Å². The van der Waals surface area contributed by atoms with E-state index >= 15 is 0 Å². The van der Waals surface area contributed by atoms with Gasteiger partial charge in [-0.05, 0) is 24.1 Å². The Morgan fingerprint density at radius 1 is 1.09 bits per heavy atom. The van der Waals surface area contributed by atoms with Gasteiger partial charge in [-0.25, -0.2) is 8.42 Å². The number of sulfonamides is 1. The topological polar surface area (TPSA) is 102 Å². The summed E-state index contributed by atoms with van der Waals surface area (Å²) >= 11 is 0. The van der Waals surface area contributed by atoms with Crippen molar-refractivity contribution in [1.29, 1.82) is 0 Å². The lowest BCUT2D eigenvalue weighted by atomic mass is 10.1. The van der Waals surface area contributed by atoms with Crippen molar-refractivity contribution in [2.75, 3.05) is 33.0 Å². The Labute approximate surface area is 187 Å². The van der Waals surface area contributed by atoms with Crippen LogP contribution in [0.5, 0.6) is 5.75 Å². The summed E-state index contributed by atoms with van der Waals surface area (Å²) in [7, 11) is -3.55. The number of ether oxygens (including phenoxy) is 2. The van der Waals surface area contributed by atoms with Crippen LogP contribution in [0.15, 0.2) is 41.3 Å². The third kappa shape index (κ3) is 4.78. The van der Waals surface area contributed by atoms with Crippen LogP contribution in [-0.4, -0.2) is 55.5 Å². The molecule has 0 bridgehead atoms. The van der Waals surface area contributed by atoms with E-state index in [0.29, 0.717) is 48.9 Å². The summed E-state index contributed by atoms with van der Waals surface area (Å²) in [4.78, 5) is 13.3. The first-order valence-corrected chi connectivity index (χ1v) is 12.1. The fourth-order valence-corrected chi connectivity index (χ4v) is 5.56. The second-order valence-corrected chi connectivity index (χ2v) is 9.97. The Hall–Kier alpha value is -2.53. The zero-order chi connectivity index (χ0) is 22.7. The summed E-state index contributed by atoms with van der Waals surface area (Å²) in [5, 5.41) is 11.3. The van der Waals surface area contributed by atoms with Gasteiger partial charge in [0.2, 0.25) is 10.0 Å². The SMILES string of the molecule is CCCc1ccc(S(=O)(=O)N2CCN(Cc3cc([N+](=O)[O-])cc4c3OCOC4)CC2)cc1. The van der Waals surface area contributed by atoms with Crippen molar-refractivity contribution in [3.05, 3.63) is 63.2 Å². The van der Waals surface area contributed by atoms with E-state index in [0.717, 1.165) is 24.0 Å². The molecule has 2 aliphatic heterocycles. The largest absolute Gasteiger partial charge is 0.467 e. The van der Waals surface area contributed by atoms with Gasteiger partial charge in [0, 0.05) is 56.0 Å². The quantitative estimate of drug-likeness (QED) is 0.461. The maximum Gasteiger partial charge on any atom is 0.270 e. The summed E-state index contributed by atoms with van der Waals surface area (Å²) < 4.78 is 38.4. The van der Waals surface area contributed by atoms with Gasteiger partial charge in [0.15, 0.2) is 6.79 Å². The average molecular weight is 462 g/mol. The number of hydrogen-bond donors (Lipinski definition) is 0. The van der Waals surface area contributed by atoms with Crippen LogP contribution < -0.4 is 4.74 Å². The first-order chi connectivity index (χ1) is 15.4. The molecule has 1 saturated heterocycles. The molecule has 0 radical (unpaired) electrons. The highest BCUT2D eigenvalue weighted by Gasteiger charge is 2.29. The van der Waals surface area contributed by atoms with Crippen LogP contribution in [0.1, 0.15) is 30.0 Å². The number of non-ortho nitro benzene ring substituents is 1. The third-order valence-electron chi connectivity index (χ3n) is 5.81. The van der Waals surface area contributed by atoms with E-state index in [2.05, 4.69) is 11.8 Å². The summed E-state index contributed by atoms with van der Waals surface area (Å²) in [6, 6.07) is 10.1. The fraction of sp³-hybridized carbons (Fsp3) is 0.455. The van der Waals surface area contributed by atoms with Gasteiger partial charge in [-0.3, -0.25) is 15.0 Å². The van der Waals surface area contributed by atoms with Crippen molar-refractivity contribution < 1.29 is 22.8 Å². The summed E-state index contributed by atoms with van der Waals surface area (Å²) in [6.07, 6.45) is 1.94. The van der Waals surface area contributed by atoms with Crippen LogP contribution in [0.3, 0.4) is 0 Å². The molecular weight excluding hydrogens is 434 g/mol. The van der Waals surface area contributed by atoms with Crippen LogP contribution in [0.25, 0.3) is 0 Å². The first-order valence-electron chi connectivity index (χ1n) is 10.7. The van der Waals surface area contributed by atoms with Crippen LogP contribution in [0, 0.1) is 10.1 Å². The van der Waals surface area contributed by atoms with Gasteiger partial charge >= 0.3 is 0 Å². The summed E-state index contributed by atoms with van der Waals surface area (Å²) in [5.41, 5.74) is 2.51. The molecule has 0 aliphatic carbocycles. The number of piperazine rings is 1. The van der Waals surface area contributed by atoms with Crippen LogP contribution in [-0.2, 0) is 34.3 Å². The lowest BCUT2D eigenvalue weighted by Crippen LogP contribution is -2.48. The highest BCUT2D eigenvalue weighted by molar-refractivity contribution is 7.89. The van der Waals surface area contributed by atoms with Crippen molar-refractivity contribution in [2.45, 2.75) is 37.8 Å². The fourth-order valence-electron chi connectivity index (χ4n) is 4.14. The molecule has 0 amide bonds. The maximum atomic E-state index is 13.0. The molecule has 2 aromatic carbocycles. The number of nitrogens with zero attached hydrogens (tertiary/aromatic N) is 3. The molecule has 2 aliphatic rings. The second kappa shape index (κ2) is 9.53. The van der Waals surface area contributed by atoms with Gasteiger partial charge in [0.25, 0.3) is 5.69 Å². The molecule has 0 unspecified atom stereocenters. The van der Waals surface area contributed by atoms with Crippen molar-refractivity contribution in [3.8, 4) is 5.75 Å². The number of aryl methyl sites for hydroxylation is 1. The van der Waals surface area contributed by atoms with E-state index in [4.69, 9.17) is 9.47 Å². The van der Waals surface area contributed by atoms with E-state index in [1.807, 2.05) is 12.1 Å². The van der Waals surface area contributed by atoms with Crippen molar-refractivity contribution >= 4 is 15.7 Å². The number of nitro benzene ring substituents is 1. The highest BCUT2D eigenvalue weighted by atomic mass is 32.2. The molecule has 0 aromatic heterocycles. The van der Waals surface area contributed by atoms with Crippen LogP contribution in [0.2, 0.25) is 0 Å². The van der Waals surface area contributed by atoms with Gasteiger partial charge in [-0.1, -0.05) is 25.5 Å². The Morgan fingerprint density at radius 2 is 1.81 bits per heavy atom. The molecule has 32 heavy (non-hydrogen) atoms. The Bertz CT molecular complexity index is 1080. The number of fused-ring (bicyclic) bond motifs is 1. The lowest BCUT2D eigenvalue weighted by Gasteiger charge is -2.34. The molecule has 10 heteroatoms. The van der Waals surface area contributed by atoms with Crippen molar-refractivity contribution in [1.82, 2.24) is 9.21 Å². The normalized spacial score (nSPS) is 17.5.